The summed E-state index contributed by atoms with van der Waals surface area (Å²) in [6.45, 7) is 6.50. The first-order chi connectivity index (χ1) is 15.4. The summed E-state index contributed by atoms with van der Waals surface area (Å²) in [6.07, 6.45) is 8.45. The number of aromatic carboxylic acids is 1. The Labute approximate surface area is 196 Å². The van der Waals surface area contributed by atoms with Gasteiger partial charge in [0.1, 0.15) is 0 Å². The maximum absolute atomic E-state index is 11.0. The second-order valence-corrected chi connectivity index (χ2v) is 10.0. The molecule has 0 spiro atoms. The second kappa shape index (κ2) is 9.51. The molecule has 0 aliphatic carbocycles. The van der Waals surface area contributed by atoms with Gasteiger partial charge in [-0.1, -0.05) is 36.4 Å². The van der Waals surface area contributed by atoms with E-state index in [9.17, 15) is 4.79 Å². The van der Waals surface area contributed by atoms with Gasteiger partial charge in [-0.3, -0.25) is 0 Å². The number of carboxylic acid groups (broad SMARTS) is 1. The highest BCUT2D eigenvalue weighted by molar-refractivity contribution is 7.23. The molecule has 2 aromatic carbocycles. The molecule has 0 unspecified atom stereocenters. The highest BCUT2D eigenvalue weighted by Crippen LogP contribution is 2.35. The summed E-state index contributed by atoms with van der Waals surface area (Å²) < 4.78 is 0. The summed E-state index contributed by atoms with van der Waals surface area (Å²) in [7, 11) is 0. The van der Waals surface area contributed by atoms with Crippen LogP contribution in [0.1, 0.15) is 47.9 Å². The quantitative estimate of drug-likeness (QED) is 0.316. The van der Waals surface area contributed by atoms with Crippen LogP contribution in [-0.2, 0) is 0 Å². The van der Waals surface area contributed by atoms with Crippen LogP contribution < -0.4 is 0 Å². The monoisotopic (exact) mass is 456 g/mol. The largest absolute Gasteiger partial charge is 0.478 e. The van der Waals surface area contributed by atoms with Crippen molar-refractivity contribution in [2.24, 2.45) is 0 Å². The molecule has 0 fully saturated rings. The summed E-state index contributed by atoms with van der Waals surface area (Å²) in [6, 6.07) is 20.0. The zero-order chi connectivity index (χ0) is 22.7. The minimum Gasteiger partial charge on any atom is -0.478 e. The Morgan fingerprint density at radius 3 is 1.69 bits per heavy atom. The van der Waals surface area contributed by atoms with Crippen molar-refractivity contribution in [3.05, 3.63) is 104 Å². The van der Waals surface area contributed by atoms with Gasteiger partial charge in [-0.05, 0) is 97.1 Å². The molecule has 4 rings (SSSR count). The van der Waals surface area contributed by atoms with Gasteiger partial charge in [0.2, 0.25) is 0 Å². The average molecular weight is 457 g/mol. The van der Waals surface area contributed by atoms with Crippen molar-refractivity contribution >= 4 is 52.9 Å². The van der Waals surface area contributed by atoms with Crippen LogP contribution in [0.5, 0.6) is 0 Å². The lowest BCUT2D eigenvalue weighted by atomic mass is 10.0. The van der Waals surface area contributed by atoms with Crippen LogP contribution in [0.15, 0.2) is 60.7 Å². The SMILES string of the molecule is Cc1cc(/C=C/c2ccc(-c3ccc(/C=C/c4ccc(C(=O)O)cc4)s3)s2)cc(C)c1C. The van der Waals surface area contributed by atoms with Gasteiger partial charge in [-0.25, -0.2) is 4.79 Å². The molecule has 0 radical (unpaired) electrons. The highest BCUT2D eigenvalue weighted by Gasteiger charge is 2.05. The molecule has 4 heteroatoms. The minimum atomic E-state index is -0.905. The first-order valence-electron chi connectivity index (χ1n) is 10.4. The topological polar surface area (TPSA) is 37.3 Å². The Morgan fingerprint density at radius 1 is 0.688 bits per heavy atom. The summed E-state index contributed by atoms with van der Waals surface area (Å²) in [4.78, 5) is 15.9. The number of carboxylic acids is 1. The summed E-state index contributed by atoms with van der Waals surface area (Å²) in [5.41, 5.74) is 6.54. The van der Waals surface area contributed by atoms with Crippen molar-refractivity contribution in [2.75, 3.05) is 0 Å². The maximum Gasteiger partial charge on any atom is 0.335 e. The van der Waals surface area contributed by atoms with Crippen LogP contribution in [0.2, 0.25) is 0 Å². The van der Waals surface area contributed by atoms with Crippen molar-refractivity contribution in [2.45, 2.75) is 20.8 Å². The van der Waals surface area contributed by atoms with Crippen LogP contribution in [0, 0.1) is 20.8 Å². The van der Waals surface area contributed by atoms with E-state index in [2.05, 4.69) is 75.4 Å². The number of benzene rings is 2. The lowest BCUT2D eigenvalue weighted by Crippen LogP contribution is -1.94. The van der Waals surface area contributed by atoms with Gasteiger partial charge in [0.25, 0.3) is 0 Å². The first kappa shape index (κ1) is 22.0. The van der Waals surface area contributed by atoms with Crippen LogP contribution in [0.3, 0.4) is 0 Å². The molecule has 2 heterocycles. The molecule has 0 bridgehead atoms. The third-order valence-corrected chi connectivity index (χ3v) is 7.78. The Balaban J connectivity index is 1.45. The Hall–Kier alpha value is -3.21. The van der Waals surface area contributed by atoms with Crippen molar-refractivity contribution in [3.8, 4) is 9.75 Å². The molecule has 0 aliphatic rings. The average Bonchev–Trinajstić information content (AvgIpc) is 3.44. The molecule has 160 valence electrons. The zero-order valence-corrected chi connectivity index (χ0v) is 19.9. The maximum atomic E-state index is 11.0. The van der Waals surface area contributed by atoms with E-state index in [1.807, 2.05) is 18.2 Å². The molecule has 0 amide bonds. The zero-order valence-electron chi connectivity index (χ0n) is 18.3. The van der Waals surface area contributed by atoms with E-state index in [1.165, 1.54) is 41.8 Å². The second-order valence-electron chi connectivity index (χ2n) is 7.78. The van der Waals surface area contributed by atoms with Crippen molar-refractivity contribution in [3.63, 3.8) is 0 Å². The van der Waals surface area contributed by atoms with E-state index in [1.54, 1.807) is 34.8 Å². The molecule has 0 aliphatic heterocycles. The molecule has 0 saturated carbocycles. The van der Waals surface area contributed by atoms with E-state index in [0.29, 0.717) is 5.56 Å². The van der Waals surface area contributed by atoms with Crippen molar-refractivity contribution in [1.29, 1.82) is 0 Å². The van der Waals surface area contributed by atoms with Crippen LogP contribution in [0.4, 0.5) is 0 Å². The Bertz CT molecular complexity index is 1290. The predicted octanol–water partition coefficient (Wildman–Crippen LogP) is 8.44. The molecule has 4 aromatic rings. The van der Waals surface area contributed by atoms with Crippen LogP contribution in [0.25, 0.3) is 34.1 Å². The van der Waals surface area contributed by atoms with E-state index < -0.39 is 5.97 Å². The van der Waals surface area contributed by atoms with Gasteiger partial charge in [-0.2, -0.15) is 0 Å². The number of thiophene rings is 2. The first-order valence-corrected chi connectivity index (χ1v) is 12.0. The lowest BCUT2D eigenvalue weighted by Gasteiger charge is -2.05. The third-order valence-electron chi connectivity index (χ3n) is 5.48. The van der Waals surface area contributed by atoms with E-state index >= 15 is 0 Å². The fraction of sp³-hybridized carbons (Fsp3) is 0.107. The van der Waals surface area contributed by atoms with Gasteiger partial charge in [0, 0.05) is 19.5 Å². The number of rotatable bonds is 6. The minimum absolute atomic E-state index is 0.302. The fourth-order valence-corrected chi connectivity index (χ4v) is 5.32. The number of aryl methyl sites for hydroxylation is 2. The predicted molar refractivity (Wildman–Crippen MR) is 140 cm³/mol. The normalized spacial score (nSPS) is 11.6. The molecule has 1 N–H and O–H groups in total. The Morgan fingerprint density at radius 2 is 1.19 bits per heavy atom. The third kappa shape index (κ3) is 5.16. The van der Waals surface area contributed by atoms with Crippen LogP contribution in [-0.4, -0.2) is 11.1 Å². The summed E-state index contributed by atoms with van der Waals surface area (Å²) in [5.74, 6) is -0.905. The van der Waals surface area contributed by atoms with Crippen molar-refractivity contribution < 1.29 is 9.90 Å². The number of carbonyl (C=O) groups is 1. The van der Waals surface area contributed by atoms with Gasteiger partial charge < -0.3 is 5.11 Å². The summed E-state index contributed by atoms with van der Waals surface area (Å²) >= 11 is 3.54. The van der Waals surface area contributed by atoms with Gasteiger partial charge >= 0.3 is 5.97 Å². The summed E-state index contributed by atoms with van der Waals surface area (Å²) in [5, 5.41) is 9.00. The molecule has 2 nitrogen and oxygen atoms in total. The molecular weight excluding hydrogens is 432 g/mol. The number of hydrogen-bond donors (Lipinski definition) is 1. The van der Waals surface area contributed by atoms with Gasteiger partial charge in [0.15, 0.2) is 0 Å². The highest BCUT2D eigenvalue weighted by atomic mass is 32.1. The molecule has 2 aromatic heterocycles. The standard InChI is InChI=1S/C28H24O2S2/c1-18-16-22(17-19(2)20(18)3)7-11-25-13-15-27(32-25)26-14-12-24(31-26)10-6-21-4-8-23(9-5-21)28(29)30/h4-17H,1-3H3,(H,29,30)/b10-6+,11-7+. The fourth-order valence-electron chi connectivity index (χ4n) is 3.41. The smallest absolute Gasteiger partial charge is 0.335 e. The number of hydrogen-bond acceptors (Lipinski definition) is 3. The molecule has 0 saturated heterocycles. The molecule has 0 atom stereocenters. The van der Waals surface area contributed by atoms with E-state index in [4.69, 9.17) is 5.11 Å². The molecular formula is C28H24O2S2. The van der Waals surface area contributed by atoms with Crippen LogP contribution >= 0.6 is 22.7 Å². The lowest BCUT2D eigenvalue weighted by molar-refractivity contribution is 0.0697. The van der Waals surface area contributed by atoms with Gasteiger partial charge in [-0.15, -0.1) is 22.7 Å². The van der Waals surface area contributed by atoms with E-state index in [0.717, 1.165) is 5.56 Å². The molecule has 32 heavy (non-hydrogen) atoms. The Kier molecular flexibility index (Phi) is 6.54. The van der Waals surface area contributed by atoms with Crippen molar-refractivity contribution in [1.82, 2.24) is 0 Å². The van der Waals surface area contributed by atoms with E-state index in [-0.39, 0.29) is 0 Å². The van der Waals surface area contributed by atoms with Gasteiger partial charge in [0.05, 0.1) is 5.56 Å².